The van der Waals surface area contributed by atoms with Gasteiger partial charge in [-0.2, -0.15) is 0 Å². The molecule has 2 heterocycles. The van der Waals surface area contributed by atoms with Gasteiger partial charge in [-0.3, -0.25) is 9.69 Å². The molecule has 1 fully saturated rings. The van der Waals surface area contributed by atoms with Crippen LogP contribution in [0.4, 0.5) is 5.13 Å². The number of nitrogen functional groups attached to an aromatic ring is 1. The minimum absolute atomic E-state index is 0. The Hall–Kier alpha value is -0.850. The average Bonchev–Trinajstić information content (AvgIpc) is 2.99. The second-order valence-corrected chi connectivity index (χ2v) is 6.34. The van der Waals surface area contributed by atoms with Crippen LogP contribution in [0.3, 0.4) is 0 Å². The van der Waals surface area contributed by atoms with Crippen molar-refractivity contribution in [1.29, 1.82) is 0 Å². The van der Waals surface area contributed by atoms with Crippen LogP contribution in [-0.2, 0) is 16.1 Å². The van der Waals surface area contributed by atoms with Crippen LogP contribution < -0.4 is 5.73 Å². The lowest BCUT2D eigenvalue weighted by Gasteiger charge is -2.35. The molecule has 7 heteroatoms. The van der Waals surface area contributed by atoms with Crippen LogP contribution in [0, 0.1) is 0 Å². The highest BCUT2D eigenvalue weighted by molar-refractivity contribution is 7.15. The molecule has 21 heavy (non-hydrogen) atoms. The summed E-state index contributed by atoms with van der Waals surface area (Å²) in [5.74, 6) is -0.0724. The topological polar surface area (TPSA) is 68.5 Å². The number of ether oxygens (including phenoxy) is 1. The molecule has 1 aromatic rings. The van der Waals surface area contributed by atoms with Gasteiger partial charge in [0, 0.05) is 17.6 Å². The van der Waals surface area contributed by atoms with Crippen LogP contribution in [0.2, 0.25) is 0 Å². The van der Waals surface area contributed by atoms with Crippen molar-refractivity contribution in [3.8, 4) is 0 Å². The lowest BCUT2D eigenvalue weighted by Crippen LogP contribution is -2.50. The van der Waals surface area contributed by atoms with E-state index in [1.165, 1.54) is 11.3 Å². The molecule has 0 bridgehead atoms. The van der Waals surface area contributed by atoms with Crippen LogP contribution in [0.25, 0.3) is 0 Å². The van der Waals surface area contributed by atoms with Crippen LogP contribution in [0.1, 0.15) is 44.4 Å². The molecule has 0 spiro atoms. The monoisotopic (exact) mass is 333 g/mol. The van der Waals surface area contributed by atoms with Gasteiger partial charge in [-0.1, -0.05) is 13.3 Å². The van der Waals surface area contributed by atoms with Crippen molar-refractivity contribution in [2.45, 2.75) is 51.6 Å². The Kier molecular flexibility index (Phi) is 6.90. The number of hydrogen-bond donors (Lipinski definition) is 1. The molecule has 1 atom stereocenters. The summed E-state index contributed by atoms with van der Waals surface area (Å²) in [5.41, 5.74) is 5.23. The Morgan fingerprint density at radius 1 is 1.57 bits per heavy atom. The van der Waals surface area contributed by atoms with E-state index in [1.807, 2.05) is 6.92 Å². The highest BCUT2D eigenvalue weighted by Crippen LogP contribution is 2.36. The van der Waals surface area contributed by atoms with Crippen molar-refractivity contribution in [3.63, 3.8) is 0 Å². The number of thiazole rings is 1. The standard InChI is InChI=1S/C14H23N3O2S.ClH/c1-3-6-14(12(18)19-4-2)7-5-8-17(14)10-11-9-16-13(15)20-11;/h9H,3-8,10H2,1-2H3,(H2,15,16);1H. The smallest absolute Gasteiger partial charge is 0.326 e. The second-order valence-electron chi connectivity index (χ2n) is 5.19. The fraction of sp³-hybridized carbons (Fsp3) is 0.714. The van der Waals surface area contributed by atoms with Crippen molar-refractivity contribution < 1.29 is 9.53 Å². The number of carbonyl (C=O) groups is 1. The zero-order chi connectivity index (χ0) is 14.6. The van der Waals surface area contributed by atoms with E-state index in [-0.39, 0.29) is 18.4 Å². The summed E-state index contributed by atoms with van der Waals surface area (Å²) < 4.78 is 5.34. The summed E-state index contributed by atoms with van der Waals surface area (Å²) in [6.07, 6.45) is 5.54. The lowest BCUT2D eigenvalue weighted by molar-refractivity contribution is -0.157. The van der Waals surface area contributed by atoms with E-state index >= 15 is 0 Å². The molecule has 0 saturated carbocycles. The maximum atomic E-state index is 12.5. The molecule has 1 unspecified atom stereocenters. The van der Waals surface area contributed by atoms with Crippen molar-refractivity contribution >= 4 is 34.8 Å². The zero-order valence-corrected chi connectivity index (χ0v) is 14.3. The van der Waals surface area contributed by atoms with Gasteiger partial charge >= 0.3 is 5.97 Å². The molecule has 0 aliphatic carbocycles. The summed E-state index contributed by atoms with van der Waals surface area (Å²) in [5, 5.41) is 0.580. The summed E-state index contributed by atoms with van der Waals surface area (Å²) in [4.78, 5) is 19.9. The fourth-order valence-electron chi connectivity index (χ4n) is 3.04. The van der Waals surface area contributed by atoms with Crippen LogP contribution in [0.15, 0.2) is 6.20 Å². The summed E-state index contributed by atoms with van der Waals surface area (Å²) in [6.45, 7) is 6.07. The van der Waals surface area contributed by atoms with Gasteiger partial charge < -0.3 is 10.5 Å². The first kappa shape index (κ1) is 18.2. The fourth-order valence-corrected chi connectivity index (χ4v) is 3.74. The highest BCUT2D eigenvalue weighted by Gasteiger charge is 2.47. The molecular weight excluding hydrogens is 310 g/mol. The zero-order valence-electron chi connectivity index (χ0n) is 12.6. The molecule has 120 valence electrons. The largest absolute Gasteiger partial charge is 0.465 e. The molecule has 0 amide bonds. The van der Waals surface area contributed by atoms with E-state index in [0.29, 0.717) is 11.7 Å². The maximum absolute atomic E-state index is 12.5. The van der Waals surface area contributed by atoms with E-state index in [9.17, 15) is 4.79 Å². The highest BCUT2D eigenvalue weighted by atomic mass is 35.5. The number of carbonyl (C=O) groups excluding carboxylic acids is 1. The van der Waals surface area contributed by atoms with Crippen LogP contribution in [0.5, 0.6) is 0 Å². The molecule has 1 saturated heterocycles. The van der Waals surface area contributed by atoms with Gasteiger partial charge in [-0.15, -0.1) is 23.7 Å². The minimum atomic E-state index is -0.455. The molecule has 1 aliphatic rings. The Morgan fingerprint density at radius 3 is 2.90 bits per heavy atom. The third-order valence-electron chi connectivity index (χ3n) is 3.86. The Bertz CT molecular complexity index is 469. The number of anilines is 1. The normalized spacial score (nSPS) is 22.0. The summed E-state index contributed by atoms with van der Waals surface area (Å²) >= 11 is 1.49. The predicted molar refractivity (Wildman–Crippen MR) is 87.7 cm³/mol. The van der Waals surface area contributed by atoms with Gasteiger partial charge in [0.25, 0.3) is 0 Å². The molecule has 1 aromatic heterocycles. The van der Waals surface area contributed by atoms with Gasteiger partial charge in [-0.25, -0.2) is 4.98 Å². The Morgan fingerprint density at radius 2 is 2.33 bits per heavy atom. The number of likely N-dealkylation sites (tertiary alicyclic amines) is 1. The first-order valence-corrected chi connectivity index (χ1v) is 8.06. The number of esters is 1. The molecule has 0 radical (unpaired) electrons. The second kappa shape index (κ2) is 7.96. The molecule has 0 aromatic carbocycles. The molecule has 1 aliphatic heterocycles. The van der Waals surface area contributed by atoms with E-state index < -0.39 is 5.54 Å². The van der Waals surface area contributed by atoms with Gasteiger partial charge in [0.15, 0.2) is 5.13 Å². The number of nitrogens with zero attached hydrogens (tertiary/aromatic N) is 2. The van der Waals surface area contributed by atoms with Gasteiger partial charge in [0.05, 0.1) is 6.61 Å². The van der Waals surface area contributed by atoms with Crippen molar-refractivity contribution in [2.75, 3.05) is 18.9 Å². The third-order valence-corrected chi connectivity index (χ3v) is 4.67. The maximum Gasteiger partial charge on any atom is 0.326 e. The minimum Gasteiger partial charge on any atom is -0.465 e. The predicted octanol–water partition coefficient (Wildman–Crippen LogP) is 2.84. The number of hydrogen-bond acceptors (Lipinski definition) is 6. The molecule has 2 N–H and O–H groups in total. The first-order chi connectivity index (χ1) is 9.62. The van der Waals surface area contributed by atoms with Gasteiger partial charge in [0.1, 0.15) is 5.54 Å². The molecule has 2 rings (SSSR count). The molecular formula is C14H24ClN3O2S. The van der Waals surface area contributed by atoms with Crippen molar-refractivity contribution in [1.82, 2.24) is 9.88 Å². The van der Waals surface area contributed by atoms with Crippen LogP contribution >= 0.6 is 23.7 Å². The number of rotatable bonds is 6. The van der Waals surface area contributed by atoms with Crippen LogP contribution in [-0.4, -0.2) is 34.5 Å². The number of nitrogens with two attached hydrogens (primary N) is 1. The number of aromatic nitrogens is 1. The summed E-state index contributed by atoms with van der Waals surface area (Å²) in [7, 11) is 0. The quantitative estimate of drug-likeness (QED) is 0.811. The Labute approximate surface area is 136 Å². The lowest BCUT2D eigenvalue weighted by atomic mass is 9.90. The Balaban J connectivity index is 0.00000220. The number of halogens is 1. The van der Waals surface area contributed by atoms with Crippen molar-refractivity contribution in [3.05, 3.63) is 11.1 Å². The first-order valence-electron chi connectivity index (χ1n) is 7.25. The van der Waals surface area contributed by atoms with Gasteiger partial charge in [0.2, 0.25) is 0 Å². The third kappa shape index (κ3) is 3.87. The average molecular weight is 334 g/mol. The van der Waals surface area contributed by atoms with Gasteiger partial charge in [-0.05, 0) is 32.7 Å². The van der Waals surface area contributed by atoms with Crippen molar-refractivity contribution in [2.24, 2.45) is 0 Å². The SMILES string of the molecule is CCCC1(C(=O)OCC)CCCN1Cc1cnc(N)s1.Cl. The van der Waals surface area contributed by atoms with E-state index in [4.69, 9.17) is 10.5 Å². The summed E-state index contributed by atoms with van der Waals surface area (Å²) in [6, 6.07) is 0. The van der Waals surface area contributed by atoms with E-state index in [1.54, 1.807) is 6.20 Å². The van der Waals surface area contributed by atoms with E-state index in [0.717, 1.165) is 43.6 Å². The van der Waals surface area contributed by atoms with E-state index in [2.05, 4.69) is 16.8 Å². The molecule has 5 nitrogen and oxygen atoms in total.